The number of ether oxygens (including phenoxy) is 8. The summed E-state index contributed by atoms with van der Waals surface area (Å²) in [6.07, 6.45) is -9.52. The van der Waals surface area contributed by atoms with E-state index in [9.17, 15) is 19.8 Å². The summed E-state index contributed by atoms with van der Waals surface area (Å²) in [4.78, 5) is 28.5. The molecular formula is C46H56O13SSi. The Balaban J connectivity index is 1.15. The molecule has 2 aliphatic heterocycles. The van der Waals surface area contributed by atoms with E-state index in [-0.39, 0.29) is 29.4 Å². The van der Waals surface area contributed by atoms with Crippen molar-refractivity contribution in [2.45, 2.75) is 91.3 Å². The van der Waals surface area contributed by atoms with E-state index >= 15 is 0 Å². The molecule has 6 rings (SSSR count). The van der Waals surface area contributed by atoms with E-state index in [0.717, 1.165) is 15.3 Å². The SMILES string of the molecule is CO[C@H]1O[C@H](CO[Si](c2ccccc2)(c2ccccc2)C(C)(C)C)[C@@H](O)[C@H](O)[C@H]1OC(=O)c1ccccc1C(=O)OC[C@H]1O[C@@H](Sc2ccccc2)[C@H](OC)[C@@H](OC)[C@H]1OC. The smallest absolute Gasteiger partial charge is 0.339 e. The Morgan fingerprint density at radius 3 is 1.66 bits per heavy atom. The Bertz CT molecular complexity index is 1960. The van der Waals surface area contributed by atoms with E-state index < -0.39 is 80.8 Å². The Kier molecular flexibility index (Phi) is 16.0. The van der Waals surface area contributed by atoms with Crippen molar-refractivity contribution in [1.82, 2.24) is 0 Å². The molecule has 2 N–H and O–H groups in total. The third-order valence-corrected chi connectivity index (χ3v) is 17.3. The quantitative estimate of drug-likeness (QED) is 0.119. The number of aliphatic hydroxyl groups excluding tert-OH is 2. The molecule has 2 aliphatic rings. The molecule has 4 aromatic carbocycles. The Morgan fingerprint density at radius 1 is 0.607 bits per heavy atom. The van der Waals surface area contributed by atoms with Gasteiger partial charge in [-0.15, -0.1) is 0 Å². The van der Waals surface area contributed by atoms with Gasteiger partial charge in [-0.25, -0.2) is 9.59 Å². The van der Waals surface area contributed by atoms with Gasteiger partial charge in [0.15, 0.2) is 12.4 Å². The molecule has 0 saturated carbocycles. The summed E-state index contributed by atoms with van der Waals surface area (Å²) in [6, 6.07) is 35.6. The van der Waals surface area contributed by atoms with Gasteiger partial charge in [0.2, 0.25) is 0 Å². The number of aliphatic hydroxyl groups is 2. The minimum atomic E-state index is -3.05. The first-order valence-corrected chi connectivity index (χ1v) is 22.9. The lowest BCUT2D eigenvalue weighted by atomic mass is 9.99. The molecule has 0 aromatic heterocycles. The lowest BCUT2D eigenvalue weighted by Crippen LogP contribution is -2.68. The van der Waals surface area contributed by atoms with E-state index in [1.54, 1.807) is 26.4 Å². The van der Waals surface area contributed by atoms with E-state index in [1.807, 2.05) is 91.0 Å². The van der Waals surface area contributed by atoms with Crippen LogP contribution in [0.15, 0.2) is 120 Å². The molecule has 0 aliphatic carbocycles. The average Bonchev–Trinajstić information content (AvgIpc) is 3.28. The predicted molar refractivity (Wildman–Crippen MR) is 231 cm³/mol. The van der Waals surface area contributed by atoms with Crippen molar-refractivity contribution in [2.75, 3.05) is 41.7 Å². The van der Waals surface area contributed by atoms with Crippen molar-refractivity contribution >= 4 is 42.4 Å². The van der Waals surface area contributed by atoms with Gasteiger partial charge in [-0.1, -0.05) is 124 Å². The van der Waals surface area contributed by atoms with Crippen LogP contribution in [0.4, 0.5) is 0 Å². The zero-order chi connectivity index (χ0) is 43.7. The zero-order valence-corrected chi connectivity index (χ0v) is 37.3. The maximum atomic E-state index is 13.9. The number of benzene rings is 4. The van der Waals surface area contributed by atoms with Gasteiger partial charge in [0.05, 0.1) is 17.7 Å². The van der Waals surface area contributed by atoms with Crippen molar-refractivity contribution in [3.63, 3.8) is 0 Å². The molecule has 0 radical (unpaired) electrons. The van der Waals surface area contributed by atoms with E-state index in [1.165, 1.54) is 38.1 Å². The van der Waals surface area contributed by atoms with Crippen LogP contribution in [0.25, 0.3) is 0 Å². The fourth-order valence-electron chi connectivity index (χ4n) is 8.13. The van der Waals surface area contributed by atoms with Crippen LogP contribution >= 0.6 is 11.8 Å². The highest BCUT2D eigenvalue weighted by Gasteiger charge is 2.53. The van der Waals surface area contributed by atoms with Gasteiger partial charge in [0.25, 0.3) is 8.32 Å². The van der Waals surface area contributed by atoms with Crippen molar-refractivity contribution in [2.24, 2.45) is 0 Å². The fourth-order valence-corrected chi connectivity index (χ4v) is 13.9. The Hall–Kier alpha value is -3.97. The number of hydrogen-bond acceptors (Lipinski definition) is 14. The molecule has 0 unspecified atom stereocenters. The standard InChI is InChI=1S/C46H56O13SSi/c1-46(2,3)61(30-21-13-9-14-22-30,31-23-15-10-16-24-31)56-28-34-36(47)37(48)39(44(54-7)57-34)59-43(50)33-26-18-17-25-32(33)42(49)55-27-35-38(51-4)40(52-5)41(53-6)45(58-35)60-29-19-11-8-12-20-29/h8-26,34-41,44-45,47-48H,27-28H2,1-7H3/t34-,35-,36-,37+,38+,39-,40+,41-,44+,45+/m1/s1. The predicted octanol–water partition coefficient (Wildman–Crippen LogP) is 4.60. The molecule has 10 atom stereocenters. The Labute approximate surface area is 362 Å². The normalized spacial score (nSPS) is 27.0. The van der Waals surface area contributed by atoms with Gasteiger partial charge in [0.1, 0.15) is 54.8 Å². The van der Waals surface area contributed by atoms with Gasteiger partial charge >= 0.3 is 11.9 Å². The topological polar surface area (TPSA) is 158 Å². The van der Waals surface area contributed by atoms with E-state index in [0.29, 0.717) is 0 Å². The summed E-state index contributed by atoms with van der Waals surface area (Å²) >= 11 is 1.44. The minimum absolute atomic E-state index is 0.0946. The van der Waals surface area contributed by atoms with Crippen molar-refractivity contribution in [3.8, 4) is 0 Å². The third kappa shape index (κ3) is 10.1. The van der Waals surface area contributed by atoms with Gasteiger partial charge in [-0.2, -0.15) is 0 Å². The molecule has 4 aromatic rings. The van der Waals surface area contributed by atoms with Crippen LogP contribution in [0.3, 0.4) is 0 Å². The summed E-state index contributed by atoms with van der Waals surface area (Å²) in [5, 5.41) is 24.7. The first-order chi connectivity index (χ1) is 29.4. The van der Waals surface area contributed by atoms with Gasteiger partial charge in [-0.3, -0.25) is 0 Å². The maximum absolute atomic E-state index is 13.9. The van der Waals surface area contributed by atoms with Crippen LogP contribution in [0.2, 0.25) is 5.04 Å². The second kappa shape index (κ2) is 20.9. The molecule has 0 spiro atoms. The van der Waals surface area contributed by atoms with Gasteiger partial charge < -0.3 is 52.5 Å². The van der Waals surface area contributed by atoms with Crippen LogP contribution in [-0.4, -0.2) is 133 Å². The minimum Gasteiger partial charge on any atom is -0.459 e. The van der Waals surface area contributed by atoms with Crippen LogP contribution in [0.5, 0.6) is 0 Å². The monoisotopic (exact) mass is 876 g/mol. The van der Waals surface area contributed by atoms with Crippen molar-refractivity contribution in [3.05, 3.63) is 126 Å². The highest BCUT2D eigenvalue weighted by molar-refractivity contribution is 7.99. The molecule has 2 heterocycles. The second-order valence-electron chi connectivity index (χ2n) is 15.8. The maximum Gasteiger partial charge on any atom is 0.339 e. The summed E-state index contributed by atoms with van der Waals surface area (Å²) in [5.74, 6) is -1.80. The number of carbonyl (C=O) groups is 2. The van der Waals surface area contributed by atoms with E-state index in [2.05, 4.69) is 20.8 Å². The largest absolute Gasteiger partial charge is 0.459 e. The van der Waals surface area contributed by atoms with Gasteiger partial charge in [0, 0.05) is 33.3 Å². The number of rotatable bonds is 16. The van der Waals surface area contributed by atoms with E-state index in [4.69, 9.17) is 42.3 Å². The molecule has 0 amide bonds. The fraction of sp³-hybridized carbons (Fsp3) is 0.435. The van der Waals surface area contributed by atoms with Crippen molar-refractivity contribution in [1.29, 1.82) is 0 Å². The number of thioether (sulfide) groups is 1. The second-order valence-corrected chi connectivity index (χ2v) is 21.3. The summed E-state index contributed by atoms with van der Waals surface area (Å²) < 4.78 is 54.1. The molecular weight excluding hydrogens is 821 g/mol. The highest BCUT2D eigenvalue weighted by Crippen LogP contribution is 2.39. The first kappa shape index (κ1) is 46.5. The molecule has 15 heteroatoms. The summed E-state index contributed by atoms with van der Waals surface area (Å²) in [7, 11) is 2.93. The molecule has 328 valence electrons. The van der Waals surface area contributed by atoms with Crippen LogP contribution in [0.1, 0.15) is 41.5 Å². The molecule has 13 nitrogen and oxygen atoms in total. The molecule has 0 bridgehead atoms. The van der Waals surface area contributed by atoms with Gasteiger partial charge in [-0.05, 0) is 39.7 Å². The molecule has 2 fully saturated rings. The number of methoxy groups -OCH3 is 4. The van der Waals surface area contributed by atoms with Crippen LogP contribution < -0.4 is 10.4 Å². The number of esters is 2. The average molecular weight is 877 g/mol. The van der Waals surface area contributed by atoms with Crippen LogP contribution in [-0.2, 0) is 42.3 Å². The van der Waals surface area contributed by atoms with Crippen LogP contribution in [0, 0.1) is 0 Å². The lowest BCUT2D eigenvalue weighted by molar-refractivity contribution is -0.292. The number of hydrogen-bond donors (Lipinski definition) is 2. The lowest BCUT2D eigenvalue weighted by Gasteiger charge is -2.46. The first-order valence-electron chi connectivity index (χ1n) is 20.1. The third-order valence-electron chi connectivity index (χ3n) is 11.1. The van der Waals surface area contributed by atoms with Crippen molar-refractivity contribution < 1.29 is 62.1 Å². The number of carbonyl (C=O) groups excluding carboxylic acids is 2. The zero-order valence-electron chi connectivity index (χ0n) is 35.5. The molecule has 61 heavy (non-hydrogen) atoms. The summed E-state index contributed by atoms with van der Waals surface area (Å²) in [5.41, 5.74) is -0.770. The summed E-state index contributed by atoms with van der Waals surface area (Å²) in [6.45, 7) is 6.04. The highest BCUT2D eigenvalue weighted by atomic mass is 32.2. The Morgan fingerprint density at radius 2 is 1.13 bits per heavy atom. The molecule has 2 saturated heterocycles.